The van der Waals surface area contributed by atoms with Gasteiger partial charge in [-0.15, -0.1) is 0 Å². The molecule has 0 aliphatic rings. The lowest BCUT2D eigenvalue weighted by Crippen LogP contribution is -2.27. The van der Waals surface area contributed by atoms with Gasteiger partial charge in [-0.1, -0.05) is 24.3 Å². The largest absolute Gasteiger partial charge is 0.328 e. The van der Waals surface area contributed by atoms with E-state index in [0.29, 0.717) is 6.04 Å². The van der Waals surface area contributed by atoms with E-state index in [1.54, 1.807) is 0 Å². The van der Waals surface area contributed by atoms with Gasteiger partial charge in [0.1, 0.15) is 0 Å². The smallest absolute Gasteiger partial charge is 0.00226 e. The van der Waals surface area contributed by atoms with Crippen molar-refractivity contribution in [1.82, 2.24) is 4.90 Å². The number of hydrogen-bond donors (Lipinski definition) is 1. The van der Waals surface area contributed by atoms with E-state index in [2.05, 4.69) is 50.1 Å². The molecule has 16 heavy (non-hydrogen) atoms. The Hall–Kier alpha value is -0.860. The van der Waals surface area contributed by atoms with Crippen LogP contribution in [0.1, 0.15) is 24.5 Å². The molecule has 0 aliphatic carbocycles. The van der Waals surface area contributed by atoms with Crippen LogP contribution in [0.25, 0.3) is 0 Å². The van der Waals surface area contributed by atoms with Crippen LogP contribution in [-0.4, -0.2) is 31.1 Å². The summed E-state index contributed by atoms with van der Waals surface area (Å²) in [5.41, 5.74) is 8.59. The number of nitrogens with two attached hydrogens (primary N) is 1. The van der Waals surface area contributed by atoms with E-state index < -0.39 is 0 Å². The van der Waals surface area contributed by atoms with Crippen molar-refractivity contribution < 1.29 is 0 Å². The van der Waals surface area contributed by atoms with E-state index >= 15 is 0 Å². The predicted octanol–water partition coefficient (Wildman–Crippen LogP) is 2.21. The first-order chi connectivity index (χ1) is 7.59. The van der Waals surface area contributed by atoms with Gasteiger partial charge in [-0.05, 0) is 51.4 Å². The highest BCUT2D eigenvalue weighted by atomic mass is 15.1. The molecule has 0 heterocycles. The molecule has 0 amide bonds. The number of hydrogen-bond acceptors (Lipinski definition) is 2. The lowest BCUT2D eigenvalue weighted by atomic mass is 10.1. The second-order valence-electron chi connectivity index (χ2n) is 4.75. The molecule has 1 unspecified atom stereocenters. The number of rotatable bonds is 6. The maximum absolute atomic E-state index is 5.75. The van der Waals surface area contributed by atoms with Crippen molar-refractivity contribution in [3.63, 3.8) is 0 Å². The van der Waals surface area contributed by atoms with E-state index in [9.17, 15) is 0 Å². The molecule has 0 aliphatic heterocycles. The van der Waals surface area contributed by atoms with Gasteiger partial charge in [-0.2, -0.15) is 0 Å². The third kappa shape index (κ3) is 4.77. The summed E-state index contributed by atoms with van der Waals surface area (Å²) in [6, 6.07) is 8.91. The summed E-state index contributed by atoms with van der Waals surface area (Å²) in [5, 5.41) is 0. The average molecular weight is 220 g/mol. The SMILES string of the molecule is Cc1ccccc1CCN(C)CCC(C)N. The first-order valence-electron chi connectivity index (χ1n) is 6.08. The zero-order valence-electron chi connectivity index (χ0n) is 10.7. The lowest BCUT2D eigenvalue weighted by Gasteiger charge is -2.18. The highest BCUT2D eigenvalue weighted by Gasteiger charge is 2.02. The van der Waals surface area contributed by atoms with Crippen molar-refractivity contribution in [2.45, 2.75) is 32.7 Å². The van der Waals surface area contributed by atoms with Crippen LogP contribution in [0.4, 0.5) is 0 Å². The topological polar surface area (TPSA) is 29.3 Å². The number of likely N-dealkylation sites (N-methyl/N-ethyl adjacent to an activating group) is 1. The molecule has 0 spiro atoms. The minimum Gasteiger partial charge on any atom is -0.328 e. The monoisotopic (exact) mass is 220 g/mol. The molecule has 1 atom stereocenters. The van der Waals surface area contributed by atoms with Gasteiger partial charge in [-0.25, -0.2) is 0 Å². The molecule has 0 bridgehead atoms. The van der Waals surface area contributed by atoms with E-state index in [-0.39, 0.29) is 0 Å². The molecule has 2 N–H and O–H groups in total. The molecule has 0 fully saturated rings. The Morgan fingerprint density at radius 1 is 1.25 bits per heavy atom. The van der Waals surface area contributed by atoms with Gasteiger partial charge < -0.3 is 10.6 Å². The second kappa shape index (κ2) is 6.66. The van der Waals surface area contributed by atoms with Crippen LogP contribution in [0.2, 0.25) is 0 Å². The van der Waals surface area contributed by atoms with E-state index in [4.69, 9.17) is 5.73 Å². The Morgan fingerprint density at radius 2 is 1.94 bits per heavy atom. The summed E-state index contributed by atoms with van der Waals surface area (Å²) in [5.74, 6) is 0. The van der Waals surface area contributed by atoms with E-state index in [0.717, 1.165) is 25.9 Å². The summed E-state index contributed by atoms with van der Waals surface area (Å²) in [4.78, 5) is 2.36. The first-order valence-corrected chi connectivity index (χ1v) is 6.08. The maximum Gasteiger partial charge on any atom is 0.00226 e. The van der Waals surface area contributed by atoms with Gasteiger partial charge >= 0.3 is 0 Å². The van der Waals surface area contributed by atoms with Gasteiger partial charge in [0.25, 0.3) is 0 Å². The fourth-order valence-corrected chi connectivity index (χ4v) is 1.74. The summed E-state index contributed by atoms with van der Waals surface area (Å²) < 4.78 is 0. The van der Waals surface area contributed by atoms with Gasteiger partial charge in [0.15, 0.2) is 0 Å². The molecular weight excluding hydrogens is 196 g/mol. The molecule has 0 saturated heterocycles. The standard InChI is InChI=1S/C14H24N2/c1-12-6-4-5-7-14(12)9-11-16(3)10-8-13(2)15/h4-7,13H,8-11,15H2,1-3H3. The van der Waals surface area contributed by atoms with Crippen molar-refractivity contribution in [3.05, 3.63) is 35.4 Å². The fraction of sp³-hybridized carbons (Fsp3) is 0.571. The van der Waals surface area contributed by atoms with Crippen LogP contribution in [0.5, 0.6) is 0 Å². The fourth-order valence-electron chi connectivity index (χ4n) is 1.74. The van der Waals surface area contributed by atoms with Crippen molar-refractivity contribution in [2.24, 2.45) is 5.73 Å². The van der Waals surface area contributed by atoms with Crippen LogP contribution in [-0.2, 0) is 6.42 Å². The zero-order chi connectivity index (χ0) is 12.0. The predicted molar refractivity (Wildman–Crippen MR) is 70.6 cm³/mol. The number of aryl methyl sites for hydroxylation is 1. The van der Waals surface area contributed by atoms with Crippen LogP contribution in [0, 0.1) is 6.92 Å². The van der Waals surface area contributed by atoms with Crippen LogP contribution >= 0.6 is 0 Å². The molecule has 1 aromatic carbocycles. The quantitative estimate of drug-likeness (QED) is 0.796. The molecule has 1 rings (SSSR count). The van der Waals surface area contributed by atoms with Crippen molar-refractivity contribution in [3.8, 4) is 0 Å². The minimum absolute atomic E-state index is 0.306. The molecule has 90 valence electrons. The molecule has 0 radical (unpaired) electrons. The van der Waals surface area contributed by atoms with Gasteiger partial charge in [0.05, 0.1) is 0 Å². The highest BCUT2D eigenvalue weighted by Crippen LogP contribution is 2.08. The zero-order valence-corrected chi connectivity index (χ0v) is 10.7. The normalized spacial score (nSPS) is 13.1. The number of nitrogens with zero attached hydrogens (tertiary/aromatic N) is 1. The summed E-state index contributed by atoms with van der Waals surface area (Å²) in [6.07, 6.45) is 2.20. The van der Waals surface area contributed by atoms with Gasteiger partial charge in [0.2, 0.25) is 0 Å². The molecule has 1 aromatic rings. The lowest BCUT2D eigenvalue weighted by molar-refractivity contribution is 0.324. The third-order valence-corrected chi connectivity index (χ3v) is 2.99. The van der Waals surface area contributed by atoms with Crippen LogP contribution < -0.4 is 5.73 Å². The molecule has 2 heteroatoms. The Bertz CT molecular complexity index is 307. The van der Waals surface area contributed by atoms with Crippen molar-refractivity contribution in [1.29, 1.82) is 0 Å². The minimum atomic E-state index is 0.306. The van der Waals surface area contributed by atoms with E-state index in [1.165, 1.54) is 11.1 Å². The highest BCUT2D eigenvalue weighted by molar-refractivity contribution is 5.25. The Morgan fingerprint density at radius 3 is 2.56 bits per heavy atom. The first kappa shape index (κ1) is 13.2. The molecular formula is C14H24N2. The molecule has 0 aromatic heterocycles. The Kier molecular flexibility index (Phi) is 5.50. The summed E-state index contributed by atoms with van der Waals surface area (Å²) in [6.45, 7) is 6.44. The summed E-state index contributed by atoms with van der Waals surface area (Å²) in [7, 11) is 2.17. The van der Waals surface area contributed by atoms with Crippen molar-refractivity contribution >= 4 is 0 Å². The second-order valence-corrected chi connectivity index (χ2v) is 4.75. The Balaban J connectivity index is 2.31. The maximum atomic E-state index is 5.75. The van der Waals surface area contributed by atoms with Crippen LogP contribution in [0.15, 0.2) is 24.3 Å². The average Bonchev–Trinajstić information content (AvgIpc) is 2.25. The van der Waals surface area contributed by atoms with Crippen molar-refractivity contribution in [2.75, 3.05) is 20.1 Å². The van der Waals surface area contributed by atoms with Gasteiger partial charge in [-0.3, -0.25) is 0 Å². The third-order valence-electron chi connectivity index (χ3n) is 2.99. The number of benzene rings is 1. The van der Waals surface area contributed by atoms with Gasteiger partial charge in [0, 0.05) is 12.6 Å². The summed E-state index contributed by atoms with van der Waals surface area (Å²) >= 11 is 0. The molecule has 2 nitrogen and oxygen atoms in total. The van der Waals surface area contributed by atoms with E-state index in [1.807, 2.05) is 0 Å². The molecule has 0 saturated carbocycles. The van der Waals surface area contributed by atoms with Crippen LogP contribution in [0.3, 0.4) is 0 Å². The Labute approximate surface area is 99.5 Å².